The van der Waals surface area contributed by atoms with Crippen LogP contribution in [0.4, 0.5) is 10.5 Å². The average molecular weight is 357 g/mol. The van der Waals surface area contributed by atoms with E-state index >= 15 is 0 Å². The first-order valence-electron chi connectivity index (χ1n) is 7.53. The van der Waals surface area contributed by atoms with Crippen molar-refractivity contribution >= 4 is 22.8 Å². The minimum Gasteiger partial charge on any atom is -0.493 e. The Morgan fingerprint density at radius 3 is 2.58 bits per heavy atom. The minimum absolute atomic E-state index is 0.186. The van der Waals surface area contributed by atoms with Crippen molar-refractivity contribution in [1.29, 1.82) is 0 Å². The van der Waals surface area contributed by atoms with Gasteiger partial charge < -0.3 is 14.2 Å². The van der Waals surface area contributed by atoms with Crippen LogP contribution in [0.5, 0.6) is 11.5 Å². The van der Waals surface area contributed by atoms with E-state index in [9.17, 15) is 14.9 Å². The Labute approximate surface area is 147 Å². The van der Waals surface area contributed by atoms with Gasteiger partial charge in [0, 0.05) is 0 Å². The Hall–Kier alpha value is -3.62. The number of carbonyl (C=O) groups excluding carboxylic acids is 1. The van der Waals surface area contributed by atoms with Crippen LogP contribution in [0.25, 0.3) is 11.0 Å². The van der Waals surface area contributed by atoms with Gasteiger partial charge in [0.15, 0.2) is 11.5 Å². The smallest absolute Gasteiger partial charge is 0.420 e. The topological polar surface area (TPSA) is 106 Å². The lowest BCUT2D eigenvalue weighted by molar-refractivity contribution is -0.385. The summed E-state index contributed by atoms with van der Waals surface area (Å²) >= 11 is 0. The fourth-order valence-electron chi connectivity index (χ4n) is 2.51. The van der Waals surface area contributed by atoms with Gasteiger partial charge in [0.2, 0.25) is 0 Å². The van der Waals surface area contributed by atoms with Gasteiger partial charge >= 0.3 is 6.09 Å². The van der Waals surface area contributed by atoms with Gasteiger partial charge in [-0.1, -0.05) is 12.1 Å². The van der Waals surface area contributed by atoms with Crippen molar-refractivity contribution in [3.63, 3.8) is 0 Å². The van der Waals surface area contributed by atoms with Crippen molar-refractivity contribution in [1.82, 2.24) is 9.55 Å². The van der Waals surface area contributed by atoms with Crippen LogP contribution in [0.2, 0.25) is 0 Å². The molecule has 3 rings (SSSR count). The highest BCUT2D eigenvalue weighted by Crippen LogP contribution is 2.34. The number of hydrogen-bond acceptors (Lipinski definition) is 7. The number of nitro groups is 1. The number of rotatable bonds is 5. The first-order chi connectivity index (χ1) is 12.5. The van der Waals surface area contributed by atoms with Crippen LogP contribution in [0, 0.1) is 10.1 Å². The summed E-state index contributed by atoms with van der Waals surface area (Å²) in [4.78, 5) is 27.2. The molecule has 0 unspecified atom stereocenters. The number of aromatic nitrogens is 2. The number of nitrogens with zero attached hydrogens (tertiary/aromatic N) is 3. The minimum atomic E-state index is -0.692. The van der Waals surface area contributed by atoms with E-state index in [0.29, 0.717) is 16.8 Å². The maximum Gasteiger partial charge on any atom is 0.420 e. The molecule has 0 spiro atoms. The average Bonchev–Trinajstić information content (AvgIpc) is 3.09. The number of para-hydroxylation sites is 2. The van der Waals surface area contributed by atoms with Gasteiger partial charge in [-0.15, -0.1) is 0 Å². The molecular formula is C17H15N3O6. The first kappa shape index (κ1) is 17.2. The number of fused-ring (bicyclic) bond motifs is 1. The SMILES string of the molecule is COc1cc(COC(=O)n2cnc3ccccc32)c([N+](=O)[O-])cc1OC. The predicted octanol–water partition coefficient (Wildman–Crippen LogP) is 3.15. The van der Waals surface area contributed by atoms with Gasteiger partial charge in [0.05, 0.1) is 41.8 Å². The molecular weight excluding hydrogens is 342 g/mol. The van der Waals surface area contributed by atoms with Crippen molar-refractivity contribution in [2.45, 2.75) is 6.61 Å². The first-order valence-corrected chi connectivity index (χ1v) is 7.53. The van der Waals surface area contributed by atoms with Crippen LogP contribution in [0.3, 0.4) is 0 Å². The van der Waals surface area contributed by atoms with E-state index < -0.39 is 11.0 Å². The molecule has 1 aromatic heterocycles. The number of carbonyl (C=O) groups is 1. The van der Waals surface area contributed by atoms with Crippen LogP contribution in [0.15, 0.2) is 42.7 Å². The van der Waals surface area contributed by atoms with Gasteiger partial charge in [-0.3, -0.25) is 10.1 Å². The molecule has 0 aliphatic rings. The Kier molecular flexibility index (Phi) is 4.70. The maximum absolute atomic E-state index is 12.3. The Morgan fingerprint density at radius 1 is 1.19 bits per heavy atom. The number of imidazole rings is 1. The Bertz CT molecular complexity index is 982. The molecule has 0 radical (unpaired) electrons. The Morgan fingerprint density at radius 2 is 1.88 bits per heavy atom. The highest BCUT2D eigenvalue weighted by molar-refractivity contribution is 5.86. The summed E-state index contributed by atoms with van der Waals surface area (Å²) in [6, 6.07) is 9.70. The monoisotopic (exact) mass is 357 g/mol. The summed E-state index contributed by atoms with van der Waals surface area (Å²) in [6.07, 6.45) is 0.651. The van der Waals surface area contributed by atoms with Crippen molar-refractivity contribution < 1.29 is 23.9 Å². The quantitative estimate of drug-likeness (QED) is 0.510. The number of ether oxygens (including phenoxy) is 3. The summed E-state index contributed by atoms with van der Waals surface area (Å²) in [5, 5.41) is 11.3. The predicted molar refractivity (Wildman–Crippen MR) is 91.5 cm³/mol. The molecule has 0 aliphatic heterocycles. The van der Waals surface area contributed by atoms with Gasteiger partial charge in [0.25, 0.3) is 5.69 Å². The Balaban J connectivity index is 1.86. The second kappa shape index (κ2) is 7.09. The summed E-state index contributed by atoms with van der Waals surface area (Å²) in [5.41, 5.74) is 1.18. The van der Waals surface area contributed by atoms with Crippen molar-refractivity contribution in [2.75, 3.05) is 14.2 Å². The summed E-state index contributed by atoms with van der Waals surface area (Å²) in [5.74, 6) is 0.520. The molecule has 9 heteroatoms. The second-order valence-corrected chi connectivity index (χ2v) is 5.25. The molecule has 9 nitrogen and oxygen atoms in total. The van der Waals surface area contributed by atoms with Crippen LogP contribution in [-0.2, 0) is 11.3 Å². The molecule has 0 bridgehead atoms. The van der Waals surface area contributed by atoms with Crippen molar-refractivity contribution in [3.8, 4) is 11.5 Å². The molecule has 3 aromatic rings. The maximum atomic E-state index is 12.3. The zero-order chi connectivity index (χ0) is 18.7. The van der Waals surface area contributed by atoms with Crippen molar-refractivity contribution in [3.05, 3.63) is 58.4 Å². The molecule has 0 fully saturated rings. The van der Waals surface area contributed by atoms with E-state index in [0.717, 1.165) is 0 Å². The van der Waals surface area contributed by atoms with E-state index in [1.54, 1.807) is 24.3 Å². The van der Waals surface area contributed by atoms with Crippen LogP contribution in [0.1, 0.15) is 5.56 Å². The molecule has 26 heavy (non-hydrogen) atoms. The molecule has 134 valence electrons. The highest BCUT2D eigenvalue weighted by atomic mass is 16.6. The van der Waals surface area contributed by atoms with Crippen LogP contribution >= 0.6 is 0 Å². The normalized spacial score (nSPS) is 10.5. The van der Waals surface area contributed by atoms with E-state index in [1.807, 2.05) is 0 Å². The van der Waals surface area contributed by atoms with Gasteiger partial charge in [-0.2, -0.15) is 0 Å². The third kappa shape index (κ3) is 3.14. The van der Waals surface area contributed by atoms with Gasteiger partial charge in [-0.05, 0) is 18.2 Å². The molecule has 0 saturated carbocycles. The van der Waals surface area contributed by atoms with E-state index in [2.05, 4.69) is 4.98 Å². The third-order valence-electron chi connectivity index (χ3n) is 3.78. The molecule has 2 aromatic carbocycles. The highest BCUT2D eigenvalue weighted by Gasteiger charge is 2.21. The van der Waals surface area contributed by atoms with E-state index in [1.165, 1.54) is 37.2 Å². The lowest BCUT2D eigenvalue weighted by Crippen LogP contribution is -2.13. The standard InChI is InChI=1S/C17H15N3O6/c1-24-15-7-11(14(20(22)23)8-16(15)25-2)9-26-17(21)19-10-18-12-5-3-4-6-13(12)19/h3-8,10H,9H2,1-2H3. The molecule has 1 heterocycles. The van der Waals surface area contributed by atoms with Crippen molar-refractivity contribution in [2.24, 2.45) is 0 Å². The largest absolute Gasteiger partial charge is 0.493 e. The second-order valence-electron chi connectivity index (χ2n) is 5.25. The lowest BCUT2D eigenvalue weighted by atomic mass is 10.1. The zero-order valence-corrected chi connectivity index (χ0v) is 14.0. The summed E-state index contributed by atoms with van der Waals surface area (Å²) in [6.45, 7) is -0.304. The van der Waals surface area contributed by atoms with E-state index in [4.69, 9.17) is 14.2 Å². The van der Waals surface area contributed by atoms with Gasteiger partial charge in [-0.25, -0.2) is 14.3 Å². The fraction of sp³-hybridized carbons (Fsp3) is 0.176. The van der Waals surface area contributed by atoms with E-state index in [-0.39, 0.29) is 23.6 Å². The van der Waals surface area contributed by atoms with Gasteiger partial charge in [0.1, 0.15) is 12.9 Å². The number of hydrogen-bond donors (Lipinski definition) is 0. The molecule has 0 N–H and O–H groups in total. The lowest BCUT2D eigenvalue weighted by Gasteiger charge is -2.11. The number of nitro benzene ring substituents is 1. The molecule has 0 aliphatic carbocycles. The molecule has 0 saturated heterocycles. The summed E-state index contributed by atoms with van der Waals surface area (Å²) in [7, 11) is 2.79. The molecule has 0 atom stereocenters. The number of benzene rings is 2. The van der Waals surface area contributed by atoms with Crippen LogP contribution < -0.4 is 9.47 Å². The summed E-state index contributed by atoms with van der Waals surface area (Å²) < 4.78 is 16.7. The number of methoxy groups -OCH3 is 2. The molecule has 0 amide bonds. The third-order valence-corrected chi connectivity index (χ3v) is 3.78. The fourth-order valence-corrected chi connectivity index (χ4v) is 2.51. The zero-order valence-electron chi connectivity index (χ0n) is 14.0. The van der Waals surface area contributed by atoms with Crippen LogP contribution in [-0.4, -0.2) is 34.8 Å².